The molecule has 1 spiro atoms. The van der Waals surface area contributed by atoms with E-state index < -0.39 is 0 Å². The summed E-state index contributed by atoms with van der Waals surface area (Å²) in [5.41, 5.74) is 6.36. The number of anilines is 3. The molecule has 2 saturated heterocycles. The highest BCUT2D eigenvalue weighted by Gasteiger charge is 2.45. The van der Waals surface area contributed by atoms with Crippen molar-refractivity contribution < 1.29 is 18.7 Å². The summed E-state index contributed by atoms with van der Waals surface area (Å²) in [5, 5.41) is 3.01. The van der Waals surface area contributed by atoms with E-state index in [0.29, 0.717) is 52.7 Å². The molecule has 0 radical (unpaired) electrons. The van der Waals surface area contributed by atoms with Crippen molar-refractivity contribution in [1.82, 2.24) is 15.0 Å². The number of fused-ring (bicyclic) bond motifs is 3. The van der Waals surface area contributed by atoms with Crippen LogP contribution in [0.2, 0.25) is 0 Å². The maximum absolute atomic E-state index is 14.6. The third-order valence-corrected chi connectivity index (χ3v) is 10.9. The van der Waals surface area contributed by atoms with Gasteiger partial charge in [0, 0.05) is 67.6 Å². The number of carbonyl (C=O) groups is 2. The number of rotatable bonds is 5. The Morgan fingerprint density at radius 3 is 2.55 bits per heavy atom. The zero-order valence-electron chi connectivity index (χ0n) is 27.3. The molecule has 2 fully saturated rings. The second kappa shape index (κ2) is 12.5. The van der Waals surface area contributed by atoms with Crippen LogP contribution in [0.5, 0.6) is 0 Å². The third-order valence-electron chi connectivity index (χ3n) is 9.72. The van der Waals surface area contributed by atoms with E-state index in [1.165, 1.54) is 17.4 Å². The molecule has 2 amide bonds. The summed E-state index contributed by atoms with van der Waals surface area (Å²) in [6, 6.07) is 17.6. The van der Waals surface area contributed by atoms with E-state index in [1.807, 2.05) is 38.1 Å². The van der Waals surface area contributed by atoms with Gasteiger partial charge in [0.1, 0.15) is 23.0 Å². The number of nitrogens with zero attached hydrogens (tertiary/aromatic N) is 5. The smallest absolute Gasteiger partial charge is 0.259 e. The summed E-state index contributed by atoms with van der Waals surface area (Å²) in [7, 11) is 0. The van der Waals surface area contributed by atoms with Crippen LogP contribution in [0.4, 0.5) is 21.6 Å². The Labute approximate surface area is 287 Å². The first kappa shape index (κ1) is 31.3. The molecule has 8 rings (SSSR count). The fourth-order valence-electron chi connectivity index (χ4n) is 7.04. The maximum Gasteiger partial charge on any atom is 0.259 e. The van der Waals surface area contributed by atoms with Crippen LogP contribution in [-0.2, 0) is 11.2 Å². The molecule has 9 nitrogen and oxygen atoms in total. The van der Waals surface area contributed by atoms with Crippen LogP contribution in [-0.4, -0.2) is 59.6 Å². The minimum absolute atomic E-state index is 0.164. The maximum atomic E-state index is 14.6. The zero-order valence-corrected chi connectivity index (χ0v) is 28.1. The highest BCUT2D eigenvalue weighted by atomic mass is 32.1. The molecule has 0 unspecified atom stereocenters. The van der Waals surface area contributed by atoms with Gasteiger partial charge in [-0.3, -0.25) is 19.6 Å². The Balaban J connectivity index is 1.01. The Kier molecular flexibility index (Phi) is 7.96. The fraction of sp³-hybridized carbons (Fsp3) is 0.289. The van der Waals surface area contributed by atoms with Gasteiger partial charge in [0.25, 0.3) is 11.8 Å². The second-order valence-corrected chi connectivity index (χ2v) is 14.3. The second-order valence-electron chi connectivity index (χ2n) is 13.2. The lowest BCUT2D eigenvalue weighted by molar-refractivity contribution is -0.000518. The van der Waals surface area contributed by atoms with Crippen molar-refractivity contribution in [2.75, 3.05) is 48.0 Å². The molecule has 5 aromatic rings. The largest absolute Gasteiger partial charge is 0.381 e. The summed E-state index contributed by atoms with van der Waals surface area (Å²) >= 11 is 1.44. The molecule has 0 atom stereocenters. The van der Waals surface area contributed by atoms with Gasteiger partial charge >= 0.3 is 0 Å². The normalized spacial score (nSPS) is 16.4. The van der Waals surface area contributed by atoms with Crippen molar-refractivity contribution in [3.05, 3.63) is 107 Å². The van der Waals surface area contributed by atoms with Crippen LogP contribution in [0.3, 0.4) is 0 Å². The number of aryl methyl sites for hydroxylation is 2. The van der Waals surface area contributed by atoms with E-state index in [1.54, 1.807) is 47.6 Å². The molecule has 248 valence electrons. The molecule has 7 heterocycles. The van der Waals surface area contributed by atoms with Gasteiger partial charge < -0.3 is 19.9 Å². The van der Waals surface area contributed by atoms with E-state index in [2.05, 4.69) is 15.2 Å². The minimum atomic E-state index is -0.372. The van der Waals surface area contributed by atoms with Crippen LogP contribution < -0.4 is 15.1 Å². The molecule has 1 aromatic carbocycles. The van der Waals surface area contributed by atoms with Gasteiger partial charge in [-0.1, -0.05) is 0 Å². The van der Waals surface area contributed by atoms with Crippen molar-refractivity contribution >= 4 is 40.3 Å². The van der Waals surface area contributed by atoms with Crippen molar-refractivity contribution in [1.29, 1.82) is 0 Å². The molecule has 0 bridgehead atoms. The molecule has 0 aliphatic carbocycles. The number of halogens is 1. The summed E-state index contributed by atoms with van der Waals surface area (Å²) in [6.07, 6.45) is 6.01. The van der Waals surface area contributed by atoms with Gasteiger partial charge in [-0.25, -0.2) is 9.37 Å². The van der Waals surface area contributed by atoms with Gasteiger partial charge in [-0.15, -0.1) is 11.3 Å². The number of amides is 2. The van der Waals surface area contributed by atoms with E-state index >= 15 is 0 Å². The molecule has 0 saturated carbocycles. The summed E-state index contributed by atoms with van der Waals surface area (Å²) in [6.45, 7) is 7.62. The average molecular weight is 675 g/mol. The van der Waals surface area contributed by atoms with Crippen molar-refractivity contribution in [3.8, 4) is 21.1 Å². The van der Waals surface area contributed by atoms with Gasteiger partial charge in [0.2, 0.25) is 0 Å². The molecular formula is C38H35FN6O3S. The number of pyridine rings is 3. The molecule has 4 aromatic heterocycles. The standard InChI is InChI=1S/C38H35FN6O3S/c1-23-18-30-33(41-20-23)34-26(19-31(49-34)32-29(39)4-3-14-40-32)11-15-45(30)37(47)25-6-8-27(9-7-25)43-36(46)28-10-5-24(2)42-35(28)44-21-38(22-44)12-16-48-17-13-38/h3-10,14,18-20H,11-13,15-17,21-22H2,1-2H3,(H,43,46). The number of thiophene rings is 1. The first-order valence-corrected chi connectivity index (χ1v) is 17.3. The summed E-state index contributed by atoms with van der Waals surface area (Å²) < 4.78 is 20.2. The van der Waals surface area contributed by atoms with E-state index in [-0.39, 0.29) is 23.0 Å². The van der Waals surface area contributed by atoms with Crippen LogP contribution in [0, 0.1) is 25.1 Å². The molecule has 3 aliphatic rings. The fourth-order valence-corrected chi connectivity index (χ4v) is 8.26. The summed E-state index contributed by atoms with van der Waals surface area (Å²) in [4.78, 5) is 47.0. The Bertz CT molecular complexity index is 2080. The molecule has 11 heteroatoms. The number of nitrogens with one attached hydrogen (secondary N) is 1. The molecule has 3 aliphatic heterocycles. The topological polar surface area (TPSA) is 101 Å². The Morgan fingerprint density at radius 2 is 1.78 bits per heavy atom. The Hall–Kier alpha value is -5.00. The number of ether oxygens (including phenoxy) is 1. The van der Waals surface area contributed by atoms with E-state index in [4.69, 9.17) is 14.7 Å². The van der Waals surface area contributed by atoms with Crippen molar-refractivity contribution in [2.45, 2.75) is 33.1 Å². The van der Waals surface area contributed by atoms with E-state index in [0.717, 1.165) is 65.7 Å². The summed E-state index contributed by atoms with van der Waals surface area (Å²) in [5.74, 6) is -0.0740. The van der Waals surface area contributed by atoms with Crippen molar-refractivity contribution in [3.63, 3.8) is 0 Å². The SMILES string of the molecule is Cc1cnc2c(c1)N(C(=O)c1ccc(NC(=O)c3ccc(C)nc3N3CC4(CCOCC4)C3)cc1)CCc1cc(-c3ncccc3F)sc1-2. The minimum Gasteiger partial charge on any atom is -0.381 e. The number of hydrogen-bond acceptors (Lipinski definition) is 8. The first-order chi connectivity index (χ1) is 23.8. The predicted molar refractivity (Wildman–Crippen MR) is 189 cm³/mol. The highest BCUT2D eigenvalue weighted by Crippen LogP contribution is 2.44. The molecular weight excluding hydrogens is 640 g/mol. The van der Waals surface area contributed by atoms with Gasteiger partial charge in [0.05, 0.1) is 21.0 Å². The first-order valence-electron chi connectivity index (χ1n) is 16.5. The van der Waals surface area contributed by atoms with Crippen LogP contribution >= 0.6 is 11.3 Å². The molecule has 49 heavy (non-hydrogen) atoms. The monoisotopic (exact) mass is 674 g/mol. The van der Waals surface area contributed by atoms with E-state index in [9.17, 15) is 14.0 Å². The molecule has 1 N–H and O–H groups in total. The quantitative estimate of drug-likeness (QED) is 0.212. The number of benzene rings is 1. The predicted octanol–water partition coefficient (Wildman–Crippen LogP) is 7.10. The van der Waals surface area contributed by atoms with Gasteiger partial charge in [-0.2, -0.15) is 0 Å². The van der Waals surface area contributed by atoms with Crippen LogP contribution in [0.1, 0.15) is 50.4 Å². The number of carbonyl (C=O) groups excluding carboxylic acids is 2. The van der Waals surface area contributed by atoms with Gasteiger partial charge in [0.15, 0.2) is 0 Å². The Morgan fingerprint density at radius 1 is 0.980 bits per heavy atom. The van der Waals surface area contributed by atoms with Crippen molar-refractivity contribution in [2.24, 2.45) is 5.41 Å². The average Bonchev–Trinajstić information content (AvgIpc) is 3.45. The lowest BCUT2D eigenvalue weighted by Crippen LogP contribution is -2.59. The number of aromatic nitrogens is 3. The lowest BCUT2D eigenvalue weighted by atomic mass is 9.73. The highest BCUT2D eigenvalue weighted by molar-refractivity contribution is 7.19. The van der Waals surface area contributed by atoms with Crippen LogP contribution in [0.15, 0.2) is 73.1 Å². The lowest BCUT2D eigenvalue weighted by Gasteiger charge is -2.53. The van der Waals surface area contributed by atoms with Crippen LogP contribution in [0.25, 0.3) is 21.1 Å². The zero-order chi connectivity index (χ0) is 33.7. The third kappa shape index (κ3) is 5.87. The van der Waals surface area contributed by atoms with Gasteiger partial charge in [-0.05, 0) is 105 Å². The number of hydrogen-bond donors (Lipinski definition) is 1.